The van der Waals surface area contributed by atoms with Gasteiger partial charge in [-0.25, -0.2) is 0 Å². The maximum Gasteiger partial charge on any atom is 0.231 e. The lowest BCUT2D eigenvalue weighted by atomic mass is 9.86. The van der Waals surface area contributed by atoms with Crippen LogP contribution in [0.5, 0.6) is 11.5 Å². The minimum Gasteiger partial charge on any atom is -0.454 e. The van der Waals surface area contributed by atoms with Crippen LogP contribution in [0, 0.1) is 0 Å². The molecule has 3 heterocycles. The second-order valence-electron chi connectivity index (χ2n) is 9.16. The van der Waals surface area contributed by atoms with E-state index in [1.54, 1.807) is 0 Å². The van der Waals surface area contributed by atoms with E-state index in [9.17, 15) is 4.79 Å². The van der Waals surface area contributed by atoms with Gasteiger partial charge in [-0.1, -0.05) is 29.4 Å². The molecule has 1 aromatic heterocycles. The molecular formula is C27H23N3O4. The van der Waals surface area contributed by atoms with Gasteiger partial charge in [0.2, 0.25) is 6.79 Å². The van der Waals surface area contributed by atoms with E-state index in [-0.39, 0.29) is 12.6 Å². The quantitative estimate of drug-likeness (QED) is 0.365. The summed E-state index contributed by atoms with van der Waals surface area (Å²) in [5.74, 6) is 2.03. The van der Waals surface area contributed by atoms with Gasteiger partial charge in [0.15, 0.2) is 23.0 Å². The number of hydrogen-bond donors (Lipinski definition) is 1. The second-order valence-corrected chi connectivity index (χ2v) is 9.16. The Morgan fingerprint density at radius 1 is 1.03 bits per heavy atom. The van der Waals surface area contributed by atoms with Gasteiger partial charge in [0.1, 0.15) is 5.52 Å². The number of ketones is 1. The van der Waals surface area contributed by atoms with E-state index in [4.69, 9.17) is 14.0 Å². The third-order valence-corrected chi connectivity index (χ3v) is 7.14. The summed E-state index contributed by atoms with van der Waals surface area (Å²) in [5, 5.41) is 8.77. The number of carbonyl (C=O) groups is 1. The Balaban J connectivity index is 1.46. The predicted octanol–water partition coefficient (Wildman–Crippen LogP) is 5.89. The van der Waals surface area contributed by atoms with Crippen molar-refractivity contribution in [3.05, 3.63) is 59.7 Å². The second kappa shape index (κ2) is 7.25. The molecule has 3 aliphatic rings. The molecule has 1 atom stereocenters. The number of fused-ring (bicyclic) bond motifs is 3. The maximum absolute atomic E-state index is 13.8. The summed E-state index contributed by atoms with van der Waals surface area (Å²) in [7, 11) is 0. The molecule has 1 saturated heterocycles. The van der Waals surface area contributed by atoms with Gasteiger partial charge in [-0.05, 0) is 44.4 Å². The lowest BCUT2D eigenvalue weighted by molar-refractivity contribution is 0.104. The molecule has 7 heteroatoms. The summed E-state index contributed by atoms with van der Waals surface area (Å²) in [6.45, 7) is 3.41. The van der Waals surface area contributed by atoms with Crippen LogP contribution in [-0.2, 0) is 0 Å². The Bertz CT molecular complexity index is 1470. The van der Waals surface area contributed by atoms with Gasteiger partial charge in [-0.2, -0.15) is 0 Å². The lowest BCUT2D eigenvalue weighted by Crippen LogP contribution is -2.37. The molecule has 4 aromatic rings. The molecule has 170 valence electrons. The molecule has 1 N–H and O–H groups in total. The summed E-state index contributed by atoms with van der Waals surface area (Å²) in [6, 6.07) is 15.7. The van der Waals surface area contributed by atoms with Crippen molar-refractivity contribution in [2.45, 2.75) is 32.2 Å². The topological polar surface area (TPSA) is 76.8 Å². The summed E-state index contributed by atoms with van der Waals surface area (Å²) < 4.78 is 16.9. The SMILES string of the molecule is C[C@@H]1CCCCN1c1cc(Nc2ccc3c(c2)OCO3)c2c3c(onc13)-c1ccccc1C2=O. The van der Waals surface area contributed by atoms with Crippen LogP contribution in [0.2, 0.25) is 0 Å². The number of carbonyl (C=O) groups excluding carboxylic acids is 1. The molecule has 3 aromatic carbocycles. The van der Waals surface area contributed by atoms with E-state index in [1.807, 2.05) is 42.5 Å². The average molecular weight is 453 g/mol. The van der Waals surface area contributed by atoms with Crippen molar-refractivity contribution in [1.82, 2.24) is 5.16 Å². The van der Waals surface area contributed by atoms with Gasteiger partial charge in [0.05, 0.1) is 22.3 Å². The van der Waals surface area contributed by atoms with Crippen LogP contribution in [0.15, 0.2) is 53.1 Å². The molecule has 0 saturated carbocycles. The number of anilines is 3. The number of rotatable bonds is 3. The normalized spacial score (nSPS) is 18.3. The van der Waals surface area contributed by atoms with Gasteiger partial charge < -0.3 is 24.2 Å². The molecule has 2 aliphatic heterocycles. The highest BCUT2D eigenvalue weighted by molar-refractivity contribution is 6.28. The van der Waals surface area contributed by atoms with Crippen molar-refractivity contribution in [3.63, 3.8) is 0 Å². The van der Waals surface area contributed by atoms with Crippen LogP contribution in [-0.4, -0.2) is 30.3 Å². The van der Waals surface area contributed by atoms with Gasteiger partial charge in [-0.15, -0.1) is 0 Å². The van der Waals surface area contributed by atoms with Crippen molar-refractivity contribution < 1.29 is 18.8 Å². The molecule has 34 heavy (non-hydrogen) atoms. The maximum atomic E-state index is 13.8. The summed E-state index contributed by atoms with van der Waals surface area (Å²) in [6.07, 6.45) is 3.47. The zero-order valence-electron chi connectivity index (χ0n) is 18.8. The highest BCUT2D eigenvalue weighted by atomic mass is 16.7. The molecule has 0 radical (unpaired) electrons. The van der Waals surface area contributed by atoms with Crippen LogP contribution >= 0.6 is 0 Å². The van der Waals surface area contributed by atoms with Crippen molar-refractivity contribution in [1.29, 1.82) is 0 Å². The molecule has 1 fully saturated rings. The number of ether oxygens (including phenoxy) is 2. The molecule has 0 unspecified atom stereocenters. The van der Waals surface area contributed by atoms with Crippen molar-refractivity contribution in [3.8, 4) is 22.8 Å². The first-order valence-electron chi connectivity index (χ1n) is 11.7. The van der Waals surface area contributed by atoms with E-state index in [1.165, 1.54) is 6.42 Å². The highest BCUT2D eigenvalue weighted by Gasteiger charge is 2.34. The number of benzene rings is 3. The average Bonchev–Trinajstić information content (AvgIpc) is 3.51. The van der Waals surface area contributed by atoms with Gasteiger partial charge in [0, 0.05) is 35.5 Å². The van der Waals surface area contributed by atoms with Crippen LogP contribution in [0.4, 0.5) is 17.1 Å². The fraction of sp³-hybridized carbons (Fsp3) is 0.259. The predicted molar refractivity (Wildman–Crippen MR) is 129 cm³/mol. The molecule has 7 rings (SSSR count). The first-order chi connectivity index (χ1) is 16.7. The standard InChI is InChI=1S/C27H23N3O4/c1-15-6-4-5-11-30(15)20-13-19(28-16-9-10-21-22(12-16)33-14-32-21)23-24-25(20)29-34-27(24)18-8-3-2-7-17(18)26(23)31/h2-3,7-10,12-13,15,28H,4-6,11,14H2,1H3/t15-/m1/s1. The Hall–Kier alpha value is -4.00. The largest absolute Gasteiger partial charge is 0.454 e. The van der Waals surface area contributed by atoms with E-state index < -0.39 is 0 Å². The summed E-state index contributed by atoms with van der Waals surface area (Å²) in [4.78, 5) is 16.2. The first-order valence-corrected chi connectivity index (χ1v) is 11.7. The molecular weight excluding hydrogens is 430 g/mol. The van der Waals surface area contributed by atoms with Gasteiger partial charge >= 0.3 is 0 Å². The monoisotopic (exact) mass is 453 g/mol. The van der Waals surface area contributed by atoms with E-state index in [0.717, 1.165) is 58.7 Å². The van der Waals surface area contributed by atoms with Crippen LogP contribution in [0.1, 0.15) is 42.1 Å². The molecule has 0 bridgehead atoms. The molecule has 7 nitrogen and oxygen atoms in total. The zero-order valence-corrected chi connectivity index (χ0v) is 18.8. The molecule has 1 aliphatic carbocycles. The van der Waals surface area contributed by atoms with Gasteiger partial charge in [-0.3, -0.25) is 4.79 Å². The Labute approximate surface area is 196 Å². The smallest absolute Gasteiger partial charge is 0.231 e. The third kappa shape index (κ3) is 2.76. The Kier molecular flexibility index (Phi) is 4.15. The van der Waals surface area contributed by atoms with E-state index >= 15 is 0 Å². The molecule has 0 spiro atoms. The third-order valence-electron chi connectivity index (χ3n) is 7.14. The van der Waals surface area contributed by atoms with Crippen LogP contribution in [0.3, 0.4) is 0 Å². The Morgan fingerprint density at radius 2 is 1.88 bits per heavy atom. The minimum atomic E-state index is -0.0298. The zero-order chi connectivity index (χ0) is 22.8. The number of aromatic nitrogens is 1. The minimum absolute atomic E-state index is 0.0298. The molecule has 0 amide bonds. The number of piperidine rings is 1. The highest BCUT2D eigenvalue weighted by Crippen LogP contribution is 2.47. The van der Waals surface area contributed by atoms with Crippen LogP contribution in [0.25, 0.3) is 22.2 Å². The summed E-state index contributed by atoms with van der Waals surface area (Å²) >= 11 is 0. The van der Waals surface area contributed by atoms with Crippen molar-refractivity contribution >= 4 is 33.7 Å². The van der Waals surface area contributed by atoms with Crippen molar-refractivity contribution in [2.75, 3.05) is 23.6 Å². The summed E-state index contributed by atoms with van der Waals surface area (Å²) in [5.41, 5.74) is 5.32. The first kappa shape index (κ1) is 19.5. The lowest BCUT2D eigenvalue weighted by Gasteiger charge is -2.36. The van der Waals surface area contributed by atoms with Crippen LogP contribution < -0.4 is 19.7 Å². The van der Waals surface area contributed by atoms with Gasteiger partial charge in [0.25, 0.3) is 0 Å². The van der Waals surface area contributed by atoms with E-state index in [2.05, 4.69) is 28.4 Å². The van der Waals surface area contributed by atoms with E-state index in [0.29, 0.717) is 28.7 Å². The Morgan fingerprint density at radius 3 is 2.76 bits per heavy atom. The van der Waals surface area contributed by atoms with Crippen molar-refractivity contribution in [2.24, 2.45) is 0 Å². The fourth-order valence-electron chi connectivity index (χ4n) is 5.45. The fourth-order valence-corrected chi connectivity index (χ4v) is 5.45. The number of hydrogen-bond acceptors (Lipinski definition) is 7. The number of nitrogens with zero attached hydrogens (tertiary/aromatic N) is 2. The number of nitrogens with one attached hydrogen (secondary N) is 1.